The zero-order chi connectivity index (χ0) is 102. The van der Waals surface area contributed by atoms with Crippen LogP contribution in [0.4, 0.5) is 39.8 Å². The molecule has 0 spiro atoms. The van der Waals surface area contributed by atoms with Gasteiger partial charge in [-0.05, 0) is 267 Å². The summed E-state index contributed by atoms with van der Waals surface area (Å²) in [4.78, 5) is 148. The van der Waals surface area contributed by atoms with E-state index in [9.17, 15) is 60.9 Å². The van der Waals surface area contributed by atoms with E-state index in [1.807, 2.05) is 171 Å². The molecular weight excluding hydrogens is 1880 g/mol. The summed E-state index contributed by atoms with van der Waals surface area (Å²) in [5.41, 5.74) is 17.2. The highest BCUT2D eigenvalue weighted by molar-refractivity contribution is 7.86. The number of carbonyl (C=O) groups excluding carboxylic acids is 10. The Balaban J connectivity index is 0.000000198. The van der Waals surface area contributed by atoms with E-state index in [-0.39, 0.29) is 145 Å². The lowest BCUT2D eigenvalue weighted by Gasteiger charge is -2.27. The maximum absolute atomic E-state index is 14.3. The number of carbonyl (C=O) groups is 10. The van der Waals surface area contributed by atoms with Crippen LogP contribution in [0.25, 0.3) is 0 Å². The normalized spacial score (nSPS) is 18.0. The number of aliphatic imine (C=N–C) groups is 1. The molecule has 0 bridgehead atoms. The minimum absolute atomic E-state index is 0.00931. The maximum atomic E-state index is 14.3. The number of ether oxygens (including phenoxy) is 6. The van der Waals surface area contributed by atoms with Crippen molar-refractivity contribution in [2.24, 2.45) is 16.8 Å². The third-order valence-electron chi connectivity index (χ3n) is 28.3. The van der Waals surface area contributed by atoms with Gasteiger partial charge in [0, 0.05) is 129 Å². The Morgan fingerprint density at radius 2 is 0.806 bits per heavy atom. The van der Waals surface area contributed by atoms with Gasteiger partial charge in [0.05, 0.1) is 49.6 Å². The molecule has 0 fully saturated rings. The molecule has 0 saturated heterocycles. The summed E-state index contributed by atoms with van der Waals surface area (Å²) in [6.07, 6.45) is 8.49. The molecule has 144 heavy (non-hydrogen) atoms. The van der Waals surface area contributed by atoms with Crippen molar-refractivity contribution >= 4 is 140 Å². The van der Waals surface area contributed by atoms with E-state index in [0.717, 1.165) is 76.1 Å². The van der Waals surface area contributed by atoms with E-state index < -0.39 is 51.2 Å². The molecule has 0 saturated carbocycles. The molecule has 10 aromatic rings. The van der Waals surface area contributed by atoms with Gasteiger partial charge >= 0.3 is 0 Å². The molecule has 0 aromatic heterocycles. The van der Waals surface area contributed by atoms with Crippen LogP contribution in [-0.2, 0) is 110 Å². The first-order chi connectivity index (χ1) is 68.7. The van der Waals surface area contributed by atoms with Crippen molar-refractivity contribution < 1.29 is 89.3 Å². The minimum atomic E-state index is -4.61. The first kappa shape index (κ1) is 102. The van der Waals surface area contributed by atoms with E-state index in [1.54, 1.807) is 96.3 Å². The molecule has 31 heteroatoms. The quantitative estimate of drug-likeness (QED) is 0.0148. The fourth-order valence-electron chi connectivity index (χ4n) is 20.6. The summed E-state index contributed by atoms with van der Waals surface area (Å²) < 4.78 is 73.4. The second-order valence-electron chi connectivity index (χ2n) is 40.4. The van der Waals surface area contributed by atoms with Crippen LogP contribution in [-0.4, -0.2) is 143 Å². The van der Waals surface area contributed by atoms with Gasteiger partial charge in [-0.1, -0.05) is 114 Å². The number of rotatable bonds is 33. The molecule has 8 heterocycles. The van der Waals surface area contributed by atoms with Crippen molar-refractivity contribution in [1.29, 1.82) is 0 Å². The second-order valence-corrected chi connectivity index (χ2v) is 44.4. The number of ketones is 2. The SMILES string of the molecule is COc1cc2c(cc1OCc1cc(COc3cc4c(cc3C)C(=O)N3c5ccccc5C[C@H]3C(S(=O)(=O)O)C4)cc(NC(=O)[C@H](C)CC(=O)[C@H](C)NC(=O)CCC(C)(C)S)c1)CC[C@@H]1Cc3ccccc3N1C2=O.COc1cc2c(cc1OCc1cc(COc3cc4c(cc3C)C(=O)N3c5ccccc5C[C@H]3C=N4)cc(NC(=O)[C@H](C)CC(=O)[C@H](C)NC(=O)CCC(C)(C)S)c1)CC[C@@H]1Cc3ccccc3N1C2=O. The molecule has 0 radical (unpaired) electrons. The number of methoxy groups -OCH3 is 2. The summed E-state index contributed by atoms with van der Waals surface area (Å²) in [6, 6.07) is 53.9. The van der Waals surface area contributed by atoms with E-state index in [4.69, 9.17) is 33.4 Å². The molecule has 750 valence electrons. The zero-order valence-corrected chi connectivity index (χ0v) is 85.5. The Labute approximate surface area is 850 Å². The summed E-state index contributed by atoms with van der Waals surface area (Å²) >= 11 is 8.97. The van der Waals surface area contributed by atoms with E-state index in [1.165, 1.54) is 17.6 Å². The average molecular weight is 2010 g/mol. The van der Waals surface area contributed by atoms with Gasteiger partial charge in [0.1, 0.15) is 43.2 Å². The van der Waals surface area contributed by atoms with Crippen LogP contribution in [0.5, 0.6) is 34.5 Å². The molecule has 18 rings (SSSR count). The van der Waals surface area contributed by atoms with Crippen LogP contribution in [0.15, 0.2) is 187 Å². The molecular formula is C113H121N9O19S3. The van der Waals surface area contributed by atoms with Gasteiger partial charge in [0.15, 0.2) is 34.6 Å². The number of hydrogen-bond acceptors (Lipinski definition) is 21. The Bertz CT molecular complexity index is 6950. The number of amides is 8. The predicted molar refractivity (Wildman–Crippen MR) is 560 cm³/mol. The van der Waals surface area contributed by atoms with E-state index >= 15 is 0 Å². The average Bonchev–Trinajstić information content (AvgIpc) is 1.58. The molecule has 0 aliphatic carbocycles. The number of para-hydroxylation sites is 4. The largest absolute Gasteiger partial charge is 0.493 e. The molecule has 8 amide bonds. The van der Waals surface area contributed by atoms with Crippen LogP contribution in [0.3, 0.4) is 0 Å². The fourth-order valence-corrected chi connectivity index (χ4v) is 21.8. The van der Waals surface area contributed by atoms with Gasteiger partial charge in [-0.2, -0.15) is 33.7 Å². The minimum Gasteiger partial charge on any atom is -0.493 e. The molecule has 28 nitrogen and oxygen atoms in total. The Morgan fingerprint density at radius 3 is 1.24 bits per heavy atom. The van der Waals surface area contributed by atoms with Crippen LogP contribution >= 0.6 is 25.3 Å². The first-order valence-electron chi connectivity index (χ1n) is 49.0. The van der Waals surface area contributed by atoms with Crippen LogP contribution in [0, 0.1) is 25.7 Å². The monoisotopic (exact) mass is 2000 g/mol. The van der Waals surface area contributed by atoms with Gasteiger partial charge < -0.3 is 64.4 Å². The van der Waals surface area contributed by atoms with Gasteiger partial charge in [-0.3, -0.25) is 62.4 Å². The van der Waals surface area contributed by atoms with Crippen LogP contribution in [0.1, 0.15) is 221 Å². The molecule has 8 aliphatic heterocycles. The van der Waals surface area contributed by atoms with Gasteiger partial charge in [-0.25, -0.2) is 0 Å². The first-order valence-corrected chi connectivity index (χ1v) is 51.4. The standard InChI is InChI=1S/C57H62N4O11S2.C56H59N5O8S/c1-32-19-43-40(28-52(74(67,68)69)47-25-39-12-8-10-14-46(39)61(47)56(43)66)27-49(32)71-30-35-21-36(23-41(22-35)59-54(64)33(2)20-48(62)34(3)58-53(63)17-18-57(4,5)73)31-72-51-26-37-15-16-42-24-38-11-7-9-13-45(38)60(42)55(65)44(37)29-50(51)70-6;1-32-19-44-45(57-29-42-25-39-12-8-10-14-47(39)61(42)55(44)66)28-49(32)68-30-35-21-36(23-40(22-35)59-53(64)33(2)20-48(62)34(3)58-52(63)17-18-56(4,5)70)31-69-51-26-37-15-16-41-24-38-11-7-9-13-46(38)60(41)54(65)43(37)27-50(51)67-6/h7-14,19,21-23,26-27,29,33-34,42,47,52,73H,15-18,20,24-25,28,30-31H2,1-6H3,(H,58,63)(H,59,64)(H,67,68,69);7-14,19,21-23,26-29,33-34,41-42,70H,15-18,20,24-25,30-31H2,1-6H3,(H,58,63)(H,59,64)/t33-,34+,42-,47+,52?;33-,34+,41-,42+/m11/s1. The highest BCUT2D eigenvalue weighted by atomic mass is 32.2. The number of aryl methyl sites for hydroxylation is 4. The van der Waals surface area contributed by atoms with Gasteiger partial charge in [0.2, 0.25) is 23.6 Å². The molecule has 1 unspecified atom stereocenters. The van der Waals surface area contributed by atoms with Crippen molar-refractivity contribution in [1.82, 2.24) is 10.6 Å². The number of nitrogens with zero attached hydrogens (tertiary/aromatic N) is 5. The van der Waals surface area contributed by atoms with Crippen molar-refractivity contribution in [2.45, 2.75) is 243 Å². The number of benzene rings is 10. The highest BCUT2D eigenvalue weighted by Crippen LogP contribution is 2.47. The maximum Gasteiger partial charge on any atom is 0.270 e. The third-order valence-corrected chi connectivity index (χ3v) is 30.0. The lowest BCUT2D eigenvalue weighted by Crippen LogP contribution is -2.47. The summed E-state index contributed by atoms with van der Waals surface area (Å²) in [5.74, 6) is -1.34. The molecule has 9 atom stereocenters. The Hall–Kier alpha value is -13.6. The summed E-state index contributed by atoms with van der Waals surface area (Å²) in [5, 5.41) is 10.2. The topological polar surface area (TPSA) is 354 Å². The molecule has 8 aliphatic rings. The van der Waals surface area contributed by atoms with Crippen molar-refractivity contribution in [3.63, 3.8) is 0 Å². The van der Waals surface area contributed by atoms with Crippen LogP contribution in [0.2, 0.25) is 0 Å². The summed E-state index contributed by atoms with van der Waals surface area (Å²) in [7, 11) is -1.54. The number of hydrogen-bond donors (Lipinski definition) is 7. The second kappa shape index (κ2) is 42.4. The lowest BCUT2D eigenvalue weighted by atomic mass is 9.97. The molecule has 5 N–H and O–H groups in total. The highest BCUT2D eigenvalue weighted by Gasteiger charge is 2.48. The fraction of sp³-hybridized carbons (Fsp3) is 0.372. The number of Topliss-reactive ketones (excluding diaryl/α,β-unsaturated/α-hetero) is 2. The number of nitrogens with one attached hydrogen (secondary N) is 4. The van der Waals surface area contributed by atoms with Crippen molar-refractivity contribution in [3.8, 4) is 34.5 Å². The number of anilines is 6. The lowest BCUT2D eigenvalue weighted by molar-refractivity contribution is -0.129. The Kier molecular flexibility index (Phi) is 30.0. The number of fused-ring (bicyclic) bond motifs is 16. The smallest absolute Gasteiger partial charge is 0.270 e. The Morgan fingerprint density at radius 1 is 0.438 bits per heavy atom. The predicted octanol–water partition coefficient (Wildman–Crippen LogP) is 18.1. The zero-order valence-electron chi connectivity index (χ0n) is 82.9. The van der Waals surface area contributed by atoms with Gasteiger partial charge in [0.25, 0.3) is 33.7 Å². The van der Waals surface area contributed by atoms with E-state index in [2.05, 4.69) is 58.7 Å². The summed E-state index contributed by atoms with van der Waals surface area (Å²) in [6.45, 7) is 18.0. The van der Waals surface area contributed by atoms with Crippen molar-refractivity contribution in [3.05, 3.63) is 277 Å². The van der Waals surface area contributed by atoms with Gasteiger partial charge in [-0.15, -0.1) is 0 Å². The third kappa shape index (κ3) is 22.6. The molecule has 10 aromatic carbocycles. The van der Waals surface area contributed by atoms with Crippen LogP contribution < -0.4 is 69.3 Å². The number of thiol groups is 2. The van der Waals surface area contributed by atoms with E-state index in [0.29, 0.717) is 145 Å². The van der Waals surface area contributed by atoms with Crippen molar-refractivity contribution in [2.75, 3.05) is 44.5 Å².